The van der Waals surface area contributed by atoms with Crippen molar-refractivity contribution in [1.82, 2.24) is 14.8 Å². The number of carbonyl (C=O) groups is 3. The lowest BCUT2D eigenvalue weighted by molar-refractivity contribution is -0.122. The normalized spacial score (nSPS) is 26.8. The molecule has 1 saturated heterocycles. The molecule has 2 aromatic rings. The minimum Gasteiger partial charge on any atom is -0.295 e. The van der Waals surface area contributed by atoms with Gasteiger partial charge in [0, 0.05) is 5.02 Å². The van der Waals surface area contributed by atoms with E-state index in [1.54, 1.807) is 16.8 Å². The van der Waals surface area contributed by atoms with Crippen molar-refractivity contribution in [1.29, 1.82) is 0 Å². The molecule has 2 fully saturated rings. The Morgan fingerprint density at radius 1 is 1.00 bits per heavy atom. The number of nitrogens with zero attached hydrogens (tertiary/aromatic N) is 4. The summed E-state index contributed by atoms with van der Waals surface area (Å²) in [5.41, 5.74) is 0.852. The third-order valence-electron chi connectivity index (χ3n) is 5.84. The van der Waals surface area contributed by atoms with Crippen molar-refractivity contribution in [3.63, 3.8) is 0 Å². The molecule has 3 unspecified atom stereocenters. The van der Waals surface area contributed by atoms with Crippen molar-refractivity contribution in [2.45, 2.75) is 38.1 Å². The van der Waals surface area contributed by atoms with Crippen molar-refractivity contribution >= 4 is 41.2 Å². The highest BCUT2D eigenvalue weighted by molar-refractivity contribution is 6.30. The maximum Gasteiger partial charge on any atom is 0.260 e. The van der Waals surface area contributed by atoms with Gasteiger partial charge >= 0.3 is 0 Å². The molecule has 9 heteroatoms. The molecule has 3 atom stereocenters. The molecule has 1 N–H and O–H groups in total. The number of aromatic nitrogens is 3. The molecule has 28 heavy (non-hydrogen) atoms. The van der Waals surface area contributed by atoms with E-state index in [-0.39, 0.29) is 53.9 Å². The van der Waals surface area contributed by atoms with Crippen LogP contribution in [0.2, 0.25) is 5.02 Å². The molecule has 1 saturated carbocycles. The molecule has 0 bridgehead atoms. The van der Waals surface area contributed by atoms with Gasteiger partial charge in [0.05, 0.1) is 24.3 Å². The molecule has 0 radical (unpaired) electrons. The Bertz CT molecular complexity index is 962. The lowest BCUT2D eigenvalue weighted by Crippen LogP contribution is -2.32. The van der Waals surface area contributed by atoms with Crippen LogP contribution in [0.4, 0.5) is 11.9 Å². The highest BCUT2D eigenvalue weighted by Gasteiger charge is 2.50. The first kappa shape index (κ1) is 17.4. The Morgan fingerprint density at radius 3 is 2.29 bits per heavy atom. The van der Waals surface area contributed by atoms with Crippen molar-refractivity contribution in [3.8, 4) is 0 Å². The van der Waals surface area contributed by atoms with Gasteiger partial charge in [-0.25, -0.2) is 9.58 Å². The van der Waals surface area contributed by atoms with Crippen LogP contribution in [0.3, 0.4) is 0 Å². The number of rotatable bonds is 2. The Balaban J connectivity index is 1.53. The SMILES string of the molecule is O=C1CC(c2ccc(Cl)cc2)n2nc(N3C(=O)C4CCCCC4C3=O)nc2N1. The summed E-state index contributed by atoms with van der Waals surface area (Å²) >= 11 is 5.97. The maximum atomic E-state index is 12.8. The summed E-state index contributed by atoms with van der Waals surface area (Å²) in [6.07, 6.45) is 3.54. The number of hydrogen-bond acceptors (Lipinski definition) is 5. The van der Waals surface area contributed by atoms with Gasteiger partial charge in [-0.1, -0.05) is 36.6 Å². The molecule has 0 spiro atoms. The second-order valence-electron chi connectivity index (χ2n) is 7.51. The molecule has 3 aliphatic rings. The van der Waals surface area contributed by atoms with Crippen LogP contribution in [0.1, 0.15) is 43.7 Å². The van der Waals surface area contributed by atoms with E-state index in [9.17, 15) is 14.4 Å². The summed E-state index contributed by atoms with van der Waals surface area (Å²) in [4.78, 5) is 43.3. The van der Waals surface area contributed by atoms with E-state index in [2.05, 4.69) is 15.4 Å². The van der Waals surface area contributed by atoms with E-state index in [1.165, 1.54) is 0 Å². The molecule has 3 heterocycles. The average Bonchev–Trinajstić information content (AvgIpc) is 3.21. The number of carbonyl (C=O) groups excluding carboxylic acids is 3. The summed E-state index contributed by atoms with van der Waals surface area (Å²) < 4.78 is 1.57. The van der Waals surface area contributed by atoms with Crippen LogP contribution >= 0.6 is 11.6 Å². The highest BCUT2D eigenvalue weighted by Crippen LogP contribution is 2.40. The predicted octanol–water partition coefficient (Wildman–Crippen LogP) is 2.54. The second kappa shape index (κ2) is 6.41. The van der Waals surface area contributed by atoms with Crippen LogP contribution in [0.5, 0.6) is 0 Å². The molecule has 8 nitrogen and oxygen atoms in total. The van der Waals surface area contributed by atoms with Gasteiger partial charge in [0.25, 0.3) is 5.95 Å². The van der Waals surface area contributed by atoms with E-state index in [0.29, 0.717) is 5.02 Å². The predicted molar refractivity (Wildman–Crippen MR) is 101 cm³/mol. The standard InChI is InChI=1S/C19H18ClN5O3/c20-11-7-5-10(6-8-11)14-9-15(26)21-18-22-19(23-25(14)18)24-16(27)12-3-1-2-4-13(12)17(24)28/h5-8,12-14H,1-4,9H2,(H,21,22,23,26). The summed E-state index contributed by atoms with van der Waals surface area (Å²) in [6.45, 7) is 0. The number of imide groups is 1. The lowest BCUT2D eigenvalue weighted by Gasteiger charge is -2.23. The molecule has 3 amide bonds. The number of fused-ring (bicyclic) bond motifs is 2. The zero-order chi connectivity index (χ0) is 19.4. The lowest BCUT2D eigenvalue weighted by atomic mass is 9.81. The van der Waals surface area contributed by atoms with Gasteiger partial charge < -0.3 is 0 Å². The molecule has 144 valence electrons. The monoisotopic (exact) mass is 399 g/mol. The number of anilines is 2. The zero-order valence-corrected chi connectivity index (χ0v) is 15.7. The molecular weight excluding hydrogens is 382 g/mol. The fourth-order valence-electron chi connectivity index (χ4n) is 4.45. The third kappa shape index (κ3) is 2.63. The summed E-state index contributed by atoms with van der Waals surface area (Å²) in [5, 5.41) is 7.73. The Morgan fingerprint density at radius 2 is 1.64 bits per heavy atom. The fraction of sp³-hybridized carbons (Fsp3) is 0.421. The van der Waals surface area contributed by atoms with Crippen LogP contribution < -0.4 is 10.2 Å². The van der Waals surface area contributed by atoms with E-state index in [1.807, 2.05) is 12.1 Å². The van der Waals surface area contributed by atoms with E-state index in [4.69, 9.17) is 11.6 Å². The topological polar surface area (TPSA) is 97.2 Å². The zero-order valence-electron chi connectivity index (χ0n) is 15.0. The van der Waals surface area contributed by atoms with Gasteiger partial charge in [-0.3, -0.25) is 19.7 Å². The van der Waals surface area contributed by atoms with Crippen LogP contribution in [-0.2, 0) is 14.4 Å². The quantitative estimate of drug-likeness (QED) is 0.782. The fourth-order valence-corrected chi connectivity index (χ4v) is 4.58. The summed E-state index contributed by atoms with van der Waals surface area (Å²) in [6, 6.07) is 6.78. The van der Waals surface area contributed by atoms with Crippen molar-refractivity contribution in [2.24, 2.45) is 11.8 Å². The number of hydrogen-bond donors (Lipinski definition) is 1. The molecule has 1 aliphatic carbocycles. The smallest absolute Gasteiger partial charge is 0.260 e. The Hall–Kier alpha value is -2.74. The molecule has 1 aromatic heterocycles. The van der Waals surface area contributed by atoms with Crippen LogP contribution in [0.25, 0.3) is 0 Å². The molecule has 1 aromatic carbocycles. The average molecular weight is 400 g/mol. The highest BCUT2D eigenvalue weighted by atomic mass is 35.5. The molecular formula is C19H18ClN5O3. The van der Waals surface area contributed by atoms with Gasteiger partial charge in [-0.15, -0.1) is 5.10 Å². The van der Waals surface area contributed by atoms with Gasteiger partial charge in [0.15, 0.2) is 0 Å². The van der Waals surface area contributed by atoms with Gasteiger partial charge in [0.2, 0.25) is 23.7 Å². The van der Waals surface area contributed by atoms with Crippen molar-refractivity contribution in [3.05, 3.63) is 34.9 Å². The largest absolute Gasteiger partial charge is 0.295 e. The Labute approximate surface area is 165 Å². The number of nitrogens with one attached hydrogen (secondary N) is 1. The number of benzene rings is 1. The minimum absolute atomic E-state index is 0.0422. The van der Waals surface area contributed by atoms with Crippen LogP contribution in [0.15, 0.2) is 24.3 Å². The first-order valence-electron chi connectivity index (χ1n) is 9.42. The first-order chi connectivity index (χ1) is 13.5. The number of halogens is 1. The van der Waals surface area contributed by atoms with Crippen molar-refractivity contribution < 1.29 is 14.4 Å². The van der Waals surface area contributed by atoms with Gasteiger partial charge in [0.1, 0.15) is 0 Å². The molecule has 2 aliphatic heterocycles. The molecule has 5 rings (SSSR count). The summed E-state index contributed by atoms with van der Waals surface area (Å²) in [5.74, 6) is -0.924. The Kier molecular flexibility index (Phi) is 3.97. The number of amides is 3. The van der Waals surface area contributed by atoms with E-state index in [0.717, 1.165) is 36.1 Å². The summed E-state index contributed by atoms with van der Waals surface area (Å²) in [7, 11) is 0. The maximum absolute atomic E-state index is 12.8. The van der Waals surface area contributed by atoms with E-state index >= 15 is 0 Å². The van der Waals surface area contributed by atoms with Crippen LogP contribution in [0, 0.1) is 11.8 Å². The van der Waals surface area contributed by atoms with Crippen LogP contribution in [-0.4, -0.2) is 32.5 Å². The minimum atomic E-state index is -0.377. The third-order valence-corrected chi connectivity index (χ3v) is 6.09. The van der Waals surface area contributed by atoms with Crippen molar-refractivity contribution in [2.75, 3.05) is 10.2 Å². The van der Waals surface area contributed by atoms with Gasteiger partial charge in [-0.05, 0) is 30.5 Å². The van der Waals surface area contributed by atoms with E-state index < -0.39 is 0 Å². The van der Waals surface area contributed by atoms with Gasteiger partial charge in [-0.2, -0.15) is 4.98 Å². The first-order valence-corrected chi connectivity index (χ1v) is 9.80. The second-order valence-corrected chi connectivity index (χ2v) is 7.95.